The first-order valence-electron chi connectivity index (χ1n) is 9.69. The van der Waals surface area contributed by atoms with Crippen molar-refractivity contribution in [2.45, 2.75) is 39.2 Å². The molecule has 0 radical (unpaired) electrons. The molecule has 1 aromatic carbocycles. The summed E-state index contributed by atoms with van der Waals surface area (Å²) in [5.41, 5.74) is 0.748. The molecule has 3 amide bonds. The Morgan fingerprint density at radius 3 is 2.60 bits per heavy atom. The minimum Gasteiger partial charge on any atom is -0.467 e. The molecule has 0 saturated heterocycles. The van der Waals surface area contributed by atoms with Crippen LogP contribution in [0.25, 0.3) is 0 Å². The van der Waals surface area contributed by atoms with Gasteiger partial charge in [0.15, 0.2) is 0 Å². The van der Waals surface area contributed by atoms with Crippen LogP contribution < -0.4 is 5.32 Å². The van der Waals surface area contributed by atoms with Crippen molar-refractivity contribution < 1.29 is 18.8 Å². The van der Waals surface area contributed by atoms with Crippen molar-refractivity contribution in [3.05, 3.63) is 64.1 Å². The van der Waals surface area contributed by atoms with E-state index in [1.165, 1.54) is 35.8 Å². The van der Waals surface area contributed by atoms with Crippen molar-refractivity contribution in [1.29, 1.82) is 0 Å². The van der Waals surface area contributed by atoms with Gasteiger partial charge in [-0.3, -0.25) is 24.6 Å². The van der Waals surface area contributed by atoms with Gasteiger partial charge in [-0.2, -0.15) is 0 Å². The summed E-state index contributed by atoms with van der Waals surface area (Å²) >= 11 is 1.35. The van der Waals surface area contributed by atoms with E-state index in [0.717, 1.165) is 22.7 Å². The maximum Gasteiger partial charge on any atom is 0.261 e. The van der Waals surface area contributed by atoms with Gasteiger partial charge in [0.05, 0.1) is 23.9 Å². The Morgan fingerprint density at radius 2 is 1.90 bits per heavy atom. The molecule has 9 heteroatoms. The fourth-order valence-corrected chi connectivity index (χ4v) is 4.40. The van der Waals surface area contributed by atoms with E-state index in [9.17, 15) is 14.4 Å². The van der Waals surface area contributed by atoms with Crippen molar-refractivity contribution in [1.82, 2.24) is 15.1 Å². The second kappa shape index (κ2) is 8.19. The number of anilines is 1. The second-order valence-corrected chi connectivity index (χ2v) is 7.96. The van der Waals surface area contributed by atoms with Crippen molar-refractivity contribution in [2.75, 3.05) is 5.32 Å². The zero-order chi connectivity index (χ0) is 21.3. The Kier molecular flexibility index (Phi) is 5.45. The first kappa shape index (κ1) is 20.0. The summed E-state index contributed by atoms with van der Waals surface area (Å²) in [6.07, 6.45) is 3.39. The number of amides is 3. The zero-order valence-corrected chi connectivity index (χ0v) is 17.4. The molecule has 0 spiro atoms. The average molecular weight is 424 g/mol. The minimum atomic E-state index is -0.451. The van der Waals surface area contributed by atoms with E-state index >= 15 is 0 Å². The Balaban J connectivity index is 1.51. The number of furan rings is 1. The lowest BCUT2D eigenvalue weighted by Crippen LogP contribution is -2.28. The van der Waals surface area contributed by atoms with Crippen LogP contribution >= 0.6 is 11.3 Å². The highest BCUT2D eigenvalue weighted by Crippen LogP contribution is 2.29. The van der Waals surface area contributed by atoms with Crippen LogP contribution in [0.15, 0.2) is 41.0 Å². The summed E-state index contributed by atoms with van der Waals surface area (Å²) in [6.45, 7) is 4.22. The summed E-state index contributed by atoms with van der Waals surface area (Å²) in [5, 5.41) is 12.2. The number of aromatic nitrogens is 2. The molecule has 0 saturated carbocycles. The number of fused-ring (bicyclic) bond motifs is 1. The number of nitrogens with zero attached hydrogens (tertiary/aromatic N) is 3. The summed E-state index contributed by atoms with van der Waals surface area (Å²) < 4.78 is 5.23. The lowest BCUT2D eigenvalue weighted by Gasteiger charge is -2.11. The summed E-state index contributed by atoms with van der Waals surface area (Å²) in [5.74, 6) is -0.441. The van der Waals surface area contributed by atoms with E-state index in [4.69, 9.17) is 4.42 Å². The number of rotatable bonds is 7. The van der Waals surface area contributed by atoms with Crippen LogP contribution in [0, 0.1) is 0 Å². The van der Waals surface area contributed by atoms with Crippen LogP contribution in [-0.2, 0) is 6.54 Å². The average Bonchev–Trinajstić information content (AvgIpc) is 3.48. The quantitative estimate of drug-likeness (QED) is 0.573. The van der Waals surface area contributed by atoms with Crippen molar-refractivity contribution in [3.8, 4) is 0 Å². The van der Waals surface area contributed by atoms with E-state index in [-0.39, 0.29) is 23.2 Å². The molecule has 0 unspecified atom stereocenters. The Bertz CT molecular complexity index is 1100. The third kappa shape index (κ3) is 3.63. The van der Waals surface area contributed by atoms with Crippen LogP contribution in [0.2, 0.25) is 0 Å². The first-order valence-corrected chi connectivity index (χ1v) is 10.5. The van der Waals surface area contributed by atoms with Crippen LogP contribution in [0.3, 0.4) is 0 Å². The number of carbonyl (C=O) groups is 3. The van der Waals surface area contributed by atoms with Gasteiger partial charge in [0, 0.05) is 11.5 Å². The molecule has 0 fully saturated rings. The van der Waals surface area contributed by atoms with Gasteiger partial charge in [-0.1, -0.05) is 25.2 Å². The molecule has 8 nitrogen and oxygen atoms in total. The third-order valence-electron chi connectivity index (χ3n) is 5.12. The molecular formula is C21H20N4O4S. The van der Waals surface area contributed by atoms with Gasteiger partial charge in [-0.05, 0) is 43.2 Å². The summed E-state index contributed by atoms with van der Waals surface area (Å²) in [4.78, 5) is 39.1. The Labute approximate surface area is 176 Å². The third-order valence-corrected chi connectivity index (χ3v) is 6.12. The fraction of sp³-hybridized carbons (Fsp3) is 0.286. The lowest BCUT2D eigenvalue weighted by molar-refractivity contribution is 0.0631. The van der Waals surface area contributed by atoms with Crippen LogP contribution in [0.5, 0.6) is 0 Å². The van der Waals surface area contributed by atoms with Crippen LogP contribution in [-0.4, -0.2) is 32.8 Å². The molecule has 0 bridgehead atoms. The van der Waals surface area contributed by atoms with Gasteiger partial charge >= 0.3 is 0 Å². The van der Waals surface area contributed by atoms with E-state index < -0.39 is 17.7 Å². The zero-order valence-electron chi connectivity index (χ0n) is 16.5. The number of carbonyl (C=O) groups excluding carboxylic acids is 3. The Hall–Kier alpha value is -3.33. The molecule has 0 atom stereocenters. The van der Waals surface area contributed by atoms with E-state index in [1.807, 2.05) is 0 Å². The molecule has 0 aliphatic carbocycles. The van der Waals surface area contributed by atoms with Crippen LogP contribution in [0.1, 0.15) is 74.4 Å². The standard InChI is InChI=1S/C21H20N4O4S/c1-3-12(4-2)18-23-24-21(30-18)22-17(26)13-7-8-15-16(10-13)20(28)25(19(15)27)11-14-6-5-9-29-14/h5-10,12H,3-4,11H2,1-2H3,(H,22,24,26). The van der Waals surface area contributed by atoms with Crippen molar-refractivity contribution in [2.24, 2.45) is 0 Å². The monoisotopic (exact) mass is 424 g/mol. The highest BCUT2D eigenvalue weighted by atomic mass is 32.1. The van der Waals surface area contributed by atoms with E-state index in [0.29, 0.717) is 16.8 Å². The van der Waals surface area contributed by atoms with Gasteiger partial charge < -0.3 is 4.42 Å². The van der Waals surface area contributed by atoms with Crippen LogP contribution in [0.4, 0.5) is 5.13 Å². The summed E-state index contributed by atoms with van der Waals surface area (Å²) in [7, 11) is 0. The topological polar surface area (TPSA) is 105 Å². The molecule has 3 heterocycles. The van der Waals surface area contributed by atoms with Gasteiger partial charge in [-0.15, -0.1) is 10.2 Å². The molecule has 2 aromatic heterocycles. The predicted octanol–water partition coefficient (Wildman–Crippen LogP) is 4.08. The number of benzene rings is 1. The van der Waals surface area contributed by atoms with E-state index in [2.05, 4.69) is 29.4 Å². The van der Waals surface area contributed by atoms with Gasteiger partial charge in [0.25, 0.3) is 17.7 Å². The Morgan fingerprint density at radius 1 is 1.13 bits per heavy atom. The lowest BCUT2D eigenvalue weighted by atomic mass is 10.1. The van der Waals surface area contributed by atoms with E-state index in [1.54, 1.807) is 12.1 Å². The first-order chi connectivity index (χ1) is 14.5. The largest absolute Gasteiger partial charge is 0.467 e. The smallest absolute Gasteiger partial charge is 0.261 e. The van der Waals surface area contributed by atoms with Gasteiger partial charge in [0.2, 0.25) is 5.13 Å². The molecule has 154 valence electrons. The highest BCUT2D eigenvalue weighted by Gasteiger charge is 2.36. The maximum atomic E-state index is 12.7. The molecule has 1 N–H and O–H groups in total. The van der Waals surface area contributed by atoms with Crippen molar-refractivity contribution in [3.63, 3.8) is 0 Å². The number of nitrogens with one attached hydrogen (secondary N) is 1. The predicted molar refractivity (Wildman–Crippen MR) is 111 cm³/mol. The molecule has 1 aliphatic rings. The van der Waals surface area contributed by atoms with Gasteiger partial charge in [0.1, 0.15) is 10.8 Å². The second-order valence-electron chi connectivity index (χ2n) is 6.95. The van der Waals surface area contributed by atoms with Crippen molar-refractivity contribution >= 4 is 34.2 Å². The minimum absolute atomic E-state index is 0.0461. The normalized spacial score (nSPS) is 13.2. The summed E-state index contributed by atoms with van der Waals surface area (Å²) in [6, 6.07) is 7.86. The molecule has 30 heavy (non-hydrogen) atoms. The molecule has 4 rings (SSSR count). The SMILES string of the molecule is CCC(CC)c1nnc(NC(=O)c2ccc3c(c2)C(=O)N(Cc2ccco2)C3=O)s1. The van der Waals surface area contributed by atoms with Gasteiger partial charge in [-0.25, -0.2) is 0 Å². The maximum absolute atomic E-state index is 12.7. The molecular weight excluding hydrogens is 404 g/mol. The number of imide groups is 1. The number of hydrogen-bond acceptors (Lipinski definition) is 7. The molecule has 1 aliphatic heterocycles. The highest BCUT2D eigenvalue weighted by molar-refractivity contribution is 7.15. The number of hydrogen-bond donors (Lipinski definition) is 1. The fourth-order valence-electron chi connectivity index (χ4n) is 3.39. The molecule has 3 aromatic rings.